The number of aromatic nitrogens is 1. The first-order chi connectivity index (χ1) is 20.6. The van der Waals surface area contributed by atoms with Crippen LogP contribution in [-0.4, -0.2) is 47.6 Å². The monoisotopic (exact) mass is 563 g/mol. The Hall–Kier alpha value is -4.53. The highest BCUT2D eigenvalue weighted by molar-refractivity contribution is 5.92. The van der Waals surface area contributed by atoms with E-state index in [1.165, 1.54) is 0 Å². The molecule has 8 nitrogen and oxygen atoms in total. The topological polar surface area (TPSA) is 95.6 Å². The van der Waals surface area contributed by atoms with Gasteiger partial charge in [-0.1, -0.05) is 66.7 Å². The lowest BCUT2D eigenvalue weighted by atomic mass is 10.0. The quantitative estimate of drug-likeness (QED) is 0.205. The van der Waals surface area contributed by atoms with E-state index < -0.39 is 6.09 Å². The molecular formula is C34H37N5O3. The number of anilines is 2. The molecule has 5 rings (SSSR count). The number of likely N-dealkylation sites (tertiary alicyclic amines) is 1. The van der Waals surface area contributed by atoms with E-state index in [0.717, 1.165) is 66.2 Å². The summed E-state index contributed by atoms with van der Waals surface area (Å²) in [6.07, 6.45) is 3.11. The SMILES string of the molecule is O=C(CCN1CCC(OC(=O)Nc2ccccc2-c2ccccc2)CC1)Nc1ccc(CNCc2ccccn2)cc1. The number of rotatable bonds is 11. The van der Waals surface area contributed by atoms with Crippen molar-refractivity contribution in [3.8, 4) is 11.1 Å². The van der Waals surface area contributed by atoms with E-state index in [1.54, 1.807) is 6.20 Å². The fourth-order valence-electron chi connectivity index (χ4n) is 5.03. The lowest BCUT2D eigenvalue weighted by Crippen LogP contribution is -2.39. The van der Waals surface area contributed by atoms with Crippen molar-refractivity contribution >= 4 is 23.4 Å². The van der Waals surface area contributed by atoms with Gasteiger partial charge in [0.05, 0.1) is 11.4 Å². The Labute approximate surface area is 247 Å². The smallest absolute Gasteiger partial charge is 0.411 e. The van der Waals surface area contributed by atoms with Crippen LogP contribution >= 0.6 is 0 Å². The summed E-state index contributed by atoms with van der Waals surface area (Å²) < 4.78 is 5.73. The van der Waals surface area contributed by atoms with Crippen molar-refractivity contribution < 1.29 is 14.3 Å². The molecule has 3 aromatic carbocycles. The Bertz CT molecular complexity index is 1420. The zero-order valence-electron chi connectivity index (χ0n) is 23.7. The average molecular weight is 564 g/mol. The van der Waals surface area contributed by atoms with Crippen molar-refractivity contribution in [2.45, 2.75) is 38.5 Å². The molecule has 2 heterocycles. The number of amides is 2. The molecule has 0 spiro atoms. The summed E-state index contributed by atoms with van der Waals surface area (Å²) in [7, 11) is 0. The molecule has 1 aliphatic rings. The third-order valence-corrected chi connectivity index (χ3v) is 7.31. The molecule has 1 aromatic heterocycles. The molecule has 8 heteroatoms. The maximum absolute atomic E-state index is 12.7. The fourth-order valence-corrected chi connectivity index (χ4v) is 5.03. The molecule has 1 aliphatic heterocycles. The number of hydrogen-bond donors (Lipinski definition) is 3. The number of para-hydroxylation sites is 1. The molecule has 0 unspecified atom stereocenters. The van der Waals surface area contributed by atoms with Gasteiger partial charge in [0.25, 0.3) is 0 Å². The predicted molar refractivity (Wildman–Crippen MR) is 166 cm³/mol. The van der Waals surface area contributed by atoms with Crippen LogP contribution in [0.15, 0.2) is 103 Å². The second-order valence-electron chi connectivity index (χ2n) is 10.4. The molecule has 216 valence electrons. The molecule has 0 saturated carbocycles. The van der Waals surface area contributed by atoms with Gasteiger partial charge in [0.15, 0.2) is 0 Å². The highest BCUT2D eigenvalue weighted by atomic mass is 16.6. The molecule has 2 amide bonds. The van der Waals surface area contributed by atoms with Gasteiger partial charge in [-0.05, 0) is 54.3 Å². The standard InChI is InChI=1S/C34H37N5O3/c40-33(37-28-15-13-26(14-16-28)24-35-25-29-10-6-7-20-36-29)19-23-39-21-17-30(18-22-39)42-34(41)38-32-12-5-4-11-31(32)27-8-2-1-3-9-27/h1-16,20,30,35H,17-19,21-25H2,(H,37,40)(H,38,41). The van der Waals surface area contributed by atoms with Crippen molar-refractivity contribution in [1.82, 2.24) is 15.2 Å². The summed E-state index contributed by atoms with van der Waals surface area (Å²) in [5.41, 5.74) is 5.65. The van der Waals surface area contributed by atoms with E-state index >= 15 is 0 Å². The summed E-state index contributed by atoms with van der Waals surface area (Å²) in [5.74, 6) is -0.00846. The molecule has 1 fully saturated rings. The number of carbonyl (C=O) groups excluding carboxylic acids is 2. The number of pyridine rings is 1. The lowest BCUT2D eigenvalue weighted by Gasteiger charge is -2.31. The van der Waals surface area contributed by atoms with Crippen molar-refractivity contribution in [3.05, 3.63) is 115 Å². The van der Waals surface area contributed by atoms with Crippen LogP contribution < -0.4 is 16.0 Å². The van der Waals surface area contributed by atoms with Crippen molar-refractivity contribution in [2.75, 3.05) is 30.3 Å². The summed E-state index contributed by atoms with van der Waals surface area (Å²) in [5, 5.41) is 9.29. The molecule has 0 radical (unpaired) electrons. The van der Waals surface area contributed by atoms with Crippen molar-refractivity contribution in [1.29, 1.82) is 0 Å². The van der Waals surface area contributed by atoms with Crippen LogP contribution in [0, 0.1) is 0 Å². The Balaban J connectivity index is 0.985. The van der Waals surface area contributed by atoms with E-state index in [0.29, 0.717) is 19.5 Å². The summed E-state index contributed by atoms with van der Waals surface area (Å²) in [6, 6.07) is 31.5. The number of nitrogens with one attached hydrogen (secondary N) is 3. The molecule has 3 N–H and O–H groups in total. The maximum Gasteiger partial charge on any atom is 0.411 e. The van der Waals surface area contributed by atoms with E-state index in [1.807, 2.05) is 97.1 Å². The largest absolute Gasteiger partial charge is 0.446 e. The first-order valence-corrected chi connectivity index (χ1v) is 14.5. The van der Waals surface area contributed by atoms with Crippen LogP contribution in [-0.2, 0) is 22.6 Å². The van der Waals surface area contributed by atoms with Crippen LogP contribution in [0.25, 0.3) is 11.1 Å². The highest BCUT2D eigenvalue weighted by Crippen LogP contribution is 2.28. The minimum atomic E-state index is -0.439. The van der Waals surface area contributed by atoms with Gasteiger partial charge < -0.3 is 20.3 Å². The van der Waals surface area contributed by atoms with Gasteiger partial charge in [-0.3, -0.25) is 15.1 Å². The number of carbonyl (C=O) groups is 2. The average Bonchev–Trinajstić information content (AvgIpc) is 3.03. The predicted octanol–water partition coefficient (Wildman–Crippen LogP) is 6.08. The molecule has 42 heavy (non-hydrogen) atoms. The number of ether oxygens (including phenoxy) is 1. The Morgan fingerprint density at radius 1 is 0.810 bits per heavy atom. The second kappa shape index (κ2) is 14.9. The van der Waals surface area contributed by atoms with E-state index in [4.69, 9.17) is 4.74 Å². The first-order valence-electron chi connectivity index (χ1n) is 14.5. The van der Waals surface area contributed by atoms with Gasteiger partial charge in [-0.15, -0.1) is 0 Å². The fraction of sp³-hybridized carbons (Fsp3) is 0.265. The molecule has 0 aliphatic carbocycles. The van der Waals surface area contributed by atoms with Crippen molar-refractivity contribution in [3.63, 3.8) is 0 Å². The third-order valence-electron chi connectivity index (χ3n) is 7.31. The number of hydrogen-bond acceptors (Lipinski definition) is 6. The minimum absolute atomic E-state index is 0.00846. The molecular weight excluding hydrogens is 526 g/mol. The van der Waals surface area contributed by atoms with Crippen molar-refractivity contribution in [2.24, 2.45) is 0 Å². The van der Waals surface area contributed by atoms with E-state index in [-0.39, 0.29) is 12.0 Å². The van der Waals surface area contributed by atoms with Crippen LogP contribution in [0.1, 0.15) is 30.5 Å². The molecule has 4 aromatic rings. The second-order valence-corrected chi connectivity index (χ2v) is 10.4. The third kappa shape index (κ3) is 8.73. The molecule has 0 bridgehead atoms. The summed E-state index contributed by atoms with van der Waals surface area (Å²) in [6.45, 7) is 3.68. The van der Waals surface area contributed by atoms with E-state index in [2.05, 4.69) is 25.8 Å². The van der Waals surface area contributed by atoms with Crippen LogP contribution in [0.5, 0.6) is 0 Å². The Kier molecular flexibility index (Phi) is 10.3. The summed E-state index contributed by atoms with van der Waals surface area (Å²) in [4.78, 5) is 31.8. The van der Waals surface area contributed by atoms with Gasteiger partial charge in [0, 0.05) is 56.6 Å². The van der Waals surface area contributed by atoms with E-state index in [9.17, 15) is 9.59 Å². The molecule has 1 saturated heterocycles. The van der Waals surface area contributed by atoms with Gasteiger partial charge in [0.1, 0.15) is 6.10 Å². The minimum Gasteiger partial charge on any atom is -0.446 e. The number of benzene rings is 3. The zero-order chi connectivity index (χ0) is 29.0. The Morgan fingerprint density at radius 3 is 2.31 bits per heavy atom. The van der Waals surface area contributed by atoms with Gasteiger partial charge >= 0.3 is 6.09 Å². The number of nitrogens with zero attached hydrogens (tertiary/aromatic N) is 2. The van der Waals surface area contributed by atoms with Crippen LogP contribution in [0.4, 0.5) is 16.2 Å². The number of piperidine rings is 1. The molecule has 0 atom stereocenters. The van der Waals surface area contributed by atoms with Crippen LogP contribution in [0.3, 0.4) is 0 Å². The maximum atomic E-state index is 12.7. The van der Waals surface area contributed by atoms with Gasteiger partial charge in [0.2, 0.25) is 5.91 Å². The highest BCUT2D eigenvalue weighted by Gasteiger charge is 2.23. The summed E-state index contributed by atoms with van der Waals surface area (Å²) >= 11 is 0. The first kappa shape index (κ1) is 29.0. The van der Waals surface area contributed by atoms with Crippen LogP contribution in [0.2, 0.25) is 0 Å². The normalized spacial score (nSPS) is 13.8. The van der Waals surface area contributed by atoms with Gasteiger partial charge in [-0.25, -0.2) is 4.79 Å². The Morgan fingerprint density at radius 2 is 1.55 bits per heavy atom. The van der Waals surface area contributed by atoms with Gasteiger partial charge in [-0.2, -0.15) is 0 Å². The lowest BCUT2D eigenvalue weighted by molar-refractivity contribution is -0.116. The zero-order valence-corrected chi connectivity index (χ0v) is 23.7.